The Balaban J connectivity index is 1.48. The number of hydrogen-bond acceptors (Lipinski definition) is 4. The summed E-state index contributed by atoms with van der Waals surface area (Å²) in [5.41, 5.74) is 12.9. The van der Waals surface area contributed by atoms with E-state index >= 15 is 0 Å². The lowest BCUT2D eigenvalue weighted by Gasteiger charge is -2.13. The highest BCUT2D eigenvalue weighted by Crippen LogP contribution is 2.19. The summed E-state index contributed by atoms with van der Waals surface area (Å²) in [5.74, 6) is 1.45. The van der Waals surface area contributed by atoms with Crippen LogP contribution < -0.4 is 26.3 Å². The number of ether oxygens (including phenoxy) is 2. The van der Waals surface area contributed by atoms with Gasteiger partial charge in [0.15, 0.2) is 5.96 Å². The predicted molar refractivity (Wildman–Crippen MR) is 142 cm³/mol. The first-order chi connectivity index (χ1) is 16.9. The summed E-state index contributed by atoms with van der Waals surface area (Å²) in [6, 6.07) is 17.3. The Hall–Kier alpha value is -3.48. The van der Waals surface area contributed by atoms with E-state index in [4.69, 9.17) is 20.9 Å². The van der Waals surface area contributed by atoms with Crippen molar-refractivity contribution in [2.24, 2.45) is 16.5 Å². The molecule has 190 valence electrons. The number of carbonyl (C=O) groups excluding carboxylic acids is 1. The zero-order chi connectivity index (χ0) is 25.3. The van der Waals surface area contributed by atoms with Crippen molar-refractivity contribution in [3.63, 3.8) is 0 Å². The van der Waals surface area contributed by atoms with Crippen molar-refractivity contribution in [2.45, 2.75) is 64.5 Å². The van der Waals surface area contributed by atoms with Crippen molar-refractivity contribution < 1.29 is 14.3 Å². The van der Waals surface area contributed by atoms with Crippen LogP contribution in [-0.2, 0) is 11.4 Å². The molecular weight excluding hydrogens is 440 g/mol. The van der Waals surface area contributed by atoms with E-state index < -0.39 is 6.04 Å². The molecule has 0 spiro atoms. The van der Waals surface area contributed by atoms with Gasteiger partial charge in [0, 0.05) is 6.54 Å². The fourth-order valence-corrected chi connectivity index (χ4v) is 3.53. The van der Waals surface area contributed by atoms with E-state index in [0.29, 0.717) is 26.2 Å². The highest BCUT2D eigenvalue weighted by Gasteiger charge is 2.17. The van der Waals surface area contributed by atoms with Crippen molar-refractivity contribution in [1.82, 2.24) is 5.32 Å². The molecule has 1 atom stereocenters. The number of guanidine groups is 1. The van der Waals surface area contributed by atoms with Crippen LogP contribution in [0.3, 0.4) is 0 Å². The fraction of sp³-hybridized carbons (Fsp3) is 0.429. The van der Waals surface area contributed by atoms with Crippen molar-refractivity contribution in [1.29, 1.82) is 0 Å². The molecule has 0 heterocycles. The molecule has 0 saturated heterocycles. The minimum absolute atomic E-state index is 0.0831. The largest absolute Gasteiger partial charge is 0.494 e. The van der Waals surface area contributed by atoms with Gasteiger partial charge >= 0.3 is 0 Å². The zero-order valence-corrected chi connectivity index (χ0v) is 20.9. The van der Waals surface area contributed by atoms with Crippen molar-refractivity contribution >= 4 is 11.9 Å². The van der Waals surface area contributed by atoms with Crippen LogP contribution >= 0.6 is 0 Å². The summed E-state index contributed by atoms with van der Waals surface area (Å²) in [5, 5.41) is 2.92. The molecule has 7 nitrogen and oxygen atoms in total. The lowest BCUT2D eigenvalue weighted by atomic mass is 10.1. The van der Waals surface area contributed by atoms with E-state index in [9.17, 15) is 4.79 Å². The van der Waals surface area contributed by atoms with E-state index in [1.54, 1.807) is 0 Å². The quantitative estimate of drug-likeness (QED) is 0.131. The van der Waals surface area contributed by atoms with Gasteiger partial charge < -0.3 is 26.3 Å². The van der Waals surface area contributed by atoms with Gasteiger partial charge in [0.25, 0.3) is 0 Å². The lowest BCUT2D eigenvalue weighted by molar-refractivity contribution is -0.122. The van der Waals surface area contributed by atoms with Gasteiger partial charge in [-0.15, -0.1) is 6.58 Å². The van der Waals surface area contributed by atoms with E-state index in [-0.39, 0.29) is 11.9 Å². The maximum absolute atomic E-state index is 12.3. The molecule has 5 N–H and O–H groups in total. The second-order valence-electron chi connectivity index (χ2n) is 8.74. The smallest absolute Gasteiger partial charge is 0.245 e. The average Bonchev–Trinajstić information content (AvgIpc) is 2.84. The monoisotopic (exact) mass is 480 g/mol. The first kappa shape index (κ1) is 27.8. The molecule has 2 rings (SSSR count). The SMILES string of the molecule is C=C(C)CC(N=C(N)N)C(=O)NCCCCCCCCOc1ccc(OCc2ccccc2)cc1. The molecule has 0 saturated carbocycles. The average molecular weight is 481 g/mol. The number of aliphatic imine (C=N–C) groups is 1. The standard InChI is InChI=1S/C28H40N4O3/c1-22(2)20-26(32-28(29)30)27(33)31-18-10-5-3-4-6-11-19-34-24-14-16-25(17-15-24)35-21-23-12-8-7-9-13-23/h7-9,12-17,26H,1,3-6,10-11,18-21H2,2H3,(H,31,33)(H4,29,30,32). The number of carbonyl (C=O) groups is 1. The number of unbranched alkanes of at least 4 members (excludes halogenated alkanes) is 5. The summed E-state index contributed by atoms with van der Waals surface area (Å²) < 4.78 is 11.6. The van der Waals surface area contributed by atoms with E-state index in [0.717, 1.165) is 61.2 Å². The Morgan fingerprint density at radius 2 is 1.51 bits per heavy atom. The van der Waals surface area contributed by atoms with Gasteiger partial charge in [-0.2, -0.15) is 0 Å². The Labute approximate surface area is 209 Å². The molecule has 0 fully saturated rings. The highest BCUT2D eigenvalue weighted by atomic mass is 16.5. The third-order valence-corrected chi connectivity index (χ3v) is 5.36. The molecule has 0 bridgehead atoms. The maximum Gasteiger partial charge on any atom is 0.245 e. The molecule has 7 heteroatoms. The van der Waals surface area contributed by atoms with Crippen LogP contribution in [0.2, 0.25) is 0 Å². The van der Waals surface area contributed by atoms with Crippen molar-refractivity contribution in [2.75, 3.05) is 13.2 Å². The molecule has 2 aromatic rings. The second-order valence-corrected chi connectivity index (χ2v) is 8.74. The Bertz CT molecular complexity index is 910. The summed E-state index contributed by atoms with van der Waals surface area (Å²) in [7, 11) is 0. The van der Waals surface area contributed by atoms with Crippen LogP contribution in [0, 0.1) is 0 Å². The third-order valence-electron chi connectivity index (χ3n) is 5.36. The molecular formula is C28H40N4O3. The molecule has 0 radical (unpaired) electrons. The van der Waals surface area contributed by atoms with Gasteiger partial charge in [-0.05, 0) is 56.0 Å². The molecule has 1 amide bonds. The van der Waals surface area contributed by atoms with Gasteiger partial charge in [0.2, 0.25) is 5.91 Å². The minimum atomic E-state index is -0.601. The Kier molecular flexibility index (Phi) is 12.8. The van der Waals surface area contributed by atoms with Gasteiger partial charge in [0.05, 0.1) is 6.61 Å². The van der Waals surface area contributed by atoms with Gasteiger partial charge in [-0.1, -0.05) is 61.6 Å². The number of nitrogens with two attached hydrogens (primary N) is 2. The van der Waals surface area contributed by atoms with Crippen LogP contribution in [0.15, 0.2) is 71.7 Å². The number of nitrogens with one attached hydrogen (secondary N) is 1. The highest BCUT2D eigenvalue weighted by molar-refractivity contribution is 5.86. The van der Waals surface area contributed by atoms with Crippen molar-refractivity contribution in [3.05, 3.63) is 72.3 Å². The number of hydrogen-bond donors (Lipinski definition) is 3. The first-order valence-corrected chi connectivity index (χ1v) is 12.3. The zero-order valence-electron chi connectivity index (χ0n) is 20.9. The second kappa shape index (κ2) is 16.2. The number of nitrogens with zero attached hydrogens (tertiary/aromatic N) is 1. The van der Waals surface area contributed by atoms with Gasteiger partial charge in [-0.3, -0.25) is 4.79 Å². The predicted octanol–water partition coefficient (Wildman–Crippen LogP) is 4.71. The Morgan fingerprint density at radius 1 is 0.914 bits per heavy atom. The number of rotatable bonds is 17. The summed E-state index contributed by atoms with van der Waals surface area (Å²) in [4.78, 5) is 16.3. The van der Waals surface area contributed by atoms with E-state index in [1.165, 1.54) is 0 Å². The molecule has 1 unspecified atom stereocenters. The van der Waals surface area contributed by atoms with Crippen LogP contribution in [-0.4, -0.2) is 31.1 Å². The van der Waals surface area contributed by atoms with Crippen LogP contribution in [0.25, 0.3) is 0 Å². The normalized spacial score (nSPS) is 11.3. The van der Waals surface area contributed by atoms with Crippen LogP contribution in [0.5, 0.6) is 11.5 Å². The minimum Gasteiger partial charge on any atom is -0.494 e. The van der Waals surface area contributed by atoms with E-state index in [1.807, 2.05) is 61.5 Å². The van der Waals surface area contributed by atoms with Crippen LogP contribution in [0.1, 0.15) is 57.4 Å². The lowest BCUT2D eigenvalue weighted by Crippen LogP contribution is -2.37. The maximum atomic E-state index is 12.3. The third kappa shape index (κ3) is 12.5. The molecule has 0 aromatic heterocycles. The fourth-order valence-electron chi connectivity index (χ4n) is 3.53. The van der Waals surface area contributed by atoms with Crippen molar-refractivity contribution in [3.8, 4) is 11.5 Å². The van der Waals surface area contributed by atoms with Crippen LogP contribution in [0.4, 0.5) is 0 Å². The summed E-state index contributed by atoms with van der Waals surface area (Å²) in [6.45, 7) is 7.57. The molecule has 0 aliphatic heterocycles. The molecule has 0 aliphatic carbocycles. The molecule has 35 heavy (non-hydrogen) atoms. The Morgan fingerprint density at radius 3 is 2.14 bits per heavy atom. The number of benzene rings is 2. The molecule has 0 aliphatic rings. The summed E-state index contributed by atoms with van der Waals surface area (Å²) >= 11 is 0. The summed E-state index contributed by atoms with van der Waals surface area (Å²) in [6.07, 6.45) is 6.86. The first-order valence-electron chi connectivity index (χ1n) is 12.3. The topological polar surface area (TPSA) is 112 Å². The number of amides is 1. The van der Waals surface area contributed by atoms with Gasteiger partial charge in [0.1, 0.15) is 24.1 Å². The van der Waals surface area contributed by atoms with E-state index in [2.05, 4.69) is 16.9 Å². The molecule has 2 aromatic carbocycles. The van der Waals surface area contributed by atoms with Gasteiger partial charge in [-0.25, -0.2) is 4.99 Å².